The van der Waals surface area contributed by atoms with E-state index < -0.39 is 0 Å². The molecule has 0 amide bonds. The lowest BCUT2D eigenvalue weighted by molar-refractivity contribution is 0.303. The number of rotatable bonds is 2. The Morgan fingerprint density at radius 3 is 2.38 bits per heavy atom. The molecule has 1 aliphatic heterocycles. The van der Waals surface area contributed by atoms with Crippen LogP contribution < -0.4 is 10.2 Å². The van der Waals surface area contributed by atoms with E-state index in [2.05, 4.69) is 27.1 Å². The van der Waals surface area contributed by atoms with Gasteiger partial charge in [0.25, 0.3) is 0 Å². The highest BCUT2D eigenvalue weighted by molar-refractivity contribution is 5.29. The minimum absolute atomic E-state index is 0.205. The van der Waals surface area contributed by atoms with E-state index in [1.54, 1.807) is 0 Å². The molecule has 5 heteroatoms. The zero-order valence-corrected chi connectivity index (χ0v) is 9.70. The van der Waals surface area contributed by atoms with Crippen molar-refractivity contribution in [1.82, 2.24) is 15.3 Å². The highest BCUT2D eigenvalue weighted by atomic mass is 19.1. The fourth-order valence-corrected chi connectivity index (χ4v) is 1.92. The lowest BCUT2D eigenvalue weighted by Crippen LogP contribution is -2.50. The van der Waals surface area contributed by atoms with Gasteiger partial charge in [0.2, 0.25) is 5.95 Å². The molecule has 0 spiro atoms. The first-order valence-corrected chi connectivity index (χ1v) is 5.54. The third kappa shape index (κ3) is 2.29. The van der Waals surface area contributed by atoms with E-state index >= 15 is 0 Å². The predicted molar refractivity (Wildman–Crippen MR) is 60.9 cm³/mol. The number of nitrogens with zero attached hydrogens (tertiary/aromatic N) is 3. The molecule has 0 aliphatic carbocycles. The van der Waals surface area contributed by atoms with Crippen molar-refractivity contribution in [3.05, 3.63) is 18.2 Å². The molecule has 16 heavy (non-hydrogen) atoms. The van der Waals surface area contributed by atoms with Gasteiger partial charge in [-0.15, -0.1) is 0 Å². The van der Waals surface area contributed by atoms with Gasteiger partial charge in [-0.1, -0.05) is 0 Å². The molecule has 0 bridgehead atoms. The summed E-state index contributed by atoms with van der Waals surface area (Å²) < 4.78 is 12.7. The van der Waals surface area contributed by atoms with E-state index in [1.165, 1.54) is 12.4 Å². The van der Waals surface area contributed by atoms with E-state index in [9.17, 15) is 4.39 Å². The third-order valence-electron chi connectivity index (χ3n) is 3.36. The third-order valence-corrected chi connectivity index (χ3v) is 3.36. The molecular weight excluding hydrogens is 207 g/mol. The molecule has 1 aromatic heterocycles. The maximum Gasteiger partial charge on any atom is 0.225 e. The number of halogens is 1. The molecule has 2 heterocycles. The van der Waals surface area contributed by atoms with Gasteiger partial charge in [-0.05, 0) is 26.8 Å². The number of hydrogen-bond acceptors (Lipinski definition) is 4. The Bertz CT molecular complexity index is 344. The summed E-state index contributed by atoms with van der Waals surface area (Å²) in [5.41, 5.74) is 0.205. The van der Waals surface area contributed by atoms with Crippen molar-refractivity contribution in [2.45, 2.75) is 25.3 Å². The van der Waals surface area contributed by atoms with E-state index in [0.29, 0.717) is 5.95 Å². The van der Waals surface area contributed by atoms with Crippen LogP contribution in [0.2, 0.25) is 0 Å². The zero-order chi connectivity index (χ0) is 11.6. The van der Waals surface area contributed by atoms with Crippen LogP contribution in [0.15, 0.2) is 12.4 Å². The minimum atomic E-state index is -0.388. The molecule has 1 saturated heterocycles. The highest BCUT2D eigenvalue weighted by Gasteiger charge is 2.29. The summed E-state index contributed by atoms with van der Waals surface area (Å²) in [7, 11) is 1.99. The molecule has 1 N–H and O–H groups in total. The highest BCUT2D eigenvalue weighted by Crippen LogP contribution is 2.23. The molecule has 4 nitrogen and oxygen atoms in total. The van der Waals surface area contributed by atoms with Gasteiger partial charge in [0.15, 0.2) is 5.82 Å². The minimum Gasteiger partial charge on any atom is -0.341 e. The summed E-state index contributed by atoms with van der Waals surface area (Å²) in [6.07, 6.45) is 4.52. The molecule has 1 aromatic rings. The summed E-state index contributed by atoms with van der Waals surface area (Å²) >= 11 is 0. The zero-order valence-electron chi connectivity index (χ0n) is 9.70. The van der Waals surface area contributed by atoms with Gasteiger partial charge in [-0.3, -0.25) is 0 Å². The smallest absolute Gasteiger partial charge is 0.225 e. The van der Waals surface area contributed by atoms with Crippen LogP contribution >= 0.6 is 0 Å². The standard InChI is InChI=1S/C11H17FN4/c1-11(13-2)3-5-16(6-4-11)10-14-7-9(12)8-15-10/h7-8,13H,3-6H2,1-2H3. The van der Waals surface area contributed by atoms with E-state index in [1.807, 2.05) is 7.05 Å². The first-order valence-electron chi connectivity index (χ1n) is 5.54. The van der Waals surface area contributed by atoms with Gasteiger partial charge in [0.1, 0.15) is 0 Å². The van der Waals surface area contributed by atoms with Crippen molar-refractivity contribution in [2.24, 2.45) is 0 Å². The molecule has 0 aromatic carbocycles. The summed E-state index contributed by atoms with van der Waals surface area (Å²) in [5.74, 6) is 0.236. The van der Waals surface area contributed by atoms with Crippen LogP contribution in [0.1, 0.15) is 19.8 Å². The Balaban J connectivity index is 2.01. The predicted octanol–water partition coefficient (Wildman–Crippen LogP) is 1.19. The molecule has 0 atom stereocenters. The molecule has 2 rings (SSSR count). The Morgan fingerprint density at radius 2 is 1.88 bits per heavy atom. The Labute approximate surface area is 94.9 Å². The molecule has 0 unspecified atom stereocenters. The first-order chi connectivity index (χ1) is 7.63. The van der Waals surface area contributed by atoms with Crippen molar-refractivity contribution >= 4 is 5.95 Å². The van der Waals surface area contributed by atoms with Crippen molar-refractivity contribution in [3.63, 3.8) is 0 Å². The average molecular weight is 224 g/mol. The Kier molecular flexibility index (Phi) is 3.05. The lowest BCUT2D eigenvalue weighted by atomic mass is 9.90. The summed E-state index contributed by atoms with van der Waals surface area (Å²) in [5, 5.41) is 3.33. The second-order valence-electron chi connectivity index (χ2n) is 4.50. The van der Waals surface area contributed by atoms with Gasteiger partial charge < -0.3 is 10.2 Å². The van der Waals surface area contributed by atoms with Gasteiger partial charge in [-0.2, -0.15) is 0 Å². The molecular formula is C11H17FN4. The van der Waals surface area contributed by atoms with E-state index in [-0.39, 0.29) is 11.4 Å². The second-order valence-corrected chi connectivity index (χ2v) is 4.50. The topological polar surface area (TPSA) is 41.0 Å². The first kappa shape index (κ1) is 11.3. The van der Waals surface area contributed by atoms with Gasteiger partial charge in [0.05, 0.1) is 12.4 Å². The monoisotopic (exact) mass is 224 g/mol. The summed E-state index contributed by atoms with van der Waals surface area (Å²) in [6.45, 7) is 4.03. The fourth-order valence-electron chi connectivity index (χ4n) is 1.92. The molecule has 1 aliphatic rings. The Hall–Kier alpha value is -1.23. The number of hydrogen-bond donors (Lipinski definition) is 1. The molecule has 0 radical (unpaired) electrons. The van der Waals surface area contributed by atoms with Crippen LogP contribution in [-0.4, -0.2) is 35.6 Å². The second kappa shape index (κ2) is 4.33. The number of anilines is 1. The summed E-state index contributed by atoms with van der Waals surface area (Å²) in [4.78, 5) is 10.1. The fraction of sp³-hybridized carbons (Fsp3) is 0.636. The van der Waals surface area contributed by atoms with Crippen molar-refractivity contribution < 1.29 is 4.39 Å². The van der Waals surface area contributed by atoms with Crippen LogP contribution in [0.3, 0.4) is 0 Å². The van der Waals surface area contributed by atoms with Crippen LogP contribution in [0.5, 0.6) is 0 Å². The average Bonchev–Trinajstić information content (AvgIpc) is 2.32. The molecule has 88 valence electrons. The van der Waals surface area contributed by atoms with Crippen LogP contribution in [0, 0.1) is 5.82 Å². The van der Waals surface area contributed by atoms with Crippen LogP contribution in [0.25, 0.3) is 0 Å². The van der Waals surface area contributed by atoms with Crippen molar-refractivity contribution in [3.8, 4) is 0 Å². The lowest BCUT2D eigenvalue weighted by Gasteiger charge is -2.39. The van der Waals surface area contributed by atoms with E-state index in [0.717, 1.165) is 25.9 Å². The molecule has 0 saturated carbocycles. The van der Waals surface area contributed by atoms with Crippen molar-refractivity contribution in [1.29, 1.82) is 0 Å². The van der Waals surface area contributed by atoms with Gasteiger partial charge >= 0.3 is 0 Å². The largest absolute Gasteiger partial charge is 0.341 e. The molecule has 1 fully saturated rings. The summed E-state index contributed by atoms with van der Waals surface area (Å²) in [6, 6.07) is 0. The maximum absolute atomic E-state index is 12.7. The quantitative estimate of drug-likeness (QED) is 0.819. The number of piperidine rings is 1. The maximum atomic E-state index is 12.7. The number of nitrogens with one attached hydrogen (secondary N) is 1. The van der Waals surface area contributed by atoms with Crippen molar-refractivity contribution in [2.75, 3.05) is 25.0 Å². The number of aromatic nitrogens is 2. The normalized spacial score (nSPS) is 19.8. The van der Waals surface area contributed by atoms with Gasteiger partial charge in [0, 0.05) is 18.6 Å². The van der Waals surface area contributed by atoms with Gasteiger partial charge in [-0.25, -0.2) is 14.4 Å². The van der Waals surface area contributed by atoms with Crippen LogP contribution in [-0.2, 0) is 0 Å². The van der Waals surface area contributed by atoms with Crippen LogP contribution in [0.4, 0.5) is 10.3 Å². The SMILES string of the molecule is CNC1(C)CCN(c2ncc(F)cn2)CC1. The van der Waals surface area contributed by atoms with E-state index in [4.69, 9.17) is 0 Å². The Morgan fingerprint density at radius 1 is 1.31 bits per heavy atom.